The second kappa shape index (κ2) is 8.44. The minimum absolute atomic E-state index is 0.0340. The van der Waals surface area contributed by atoms with E-state index in [1.165, 1.54) is 0 Å². The van der Waals surface area contributed by atoms with Crippen LogP contribution in [0.4, 0.5) is 5.69 Å². The van der Waals surface area contributed by atoms with Gasteiger partial charge in [0.25, 0.3) is 0 Å². The molecule has 0 spiro atoms. The van der Waals surface area contributed by atoms with E-state index in [2.05, 4.69) is 20.5 Å². The molecule has 1 aliphatic rings. The van der Waals surface area contributed by atoms with Gasteiger partial charge in [0.05, 0.1) is 11.7 Å². The number of carbonyl (C=O) groups excluding carboxylic acids is 2. The summed E-state index contributed by atoms with van der Waals surface area (Å²) < 4.78 is 0. The number of piperidine rings is 1. The fraction of sp³-hybridized carbons (Fsp3) is 0.588. The maximum atomic E-state index is 12.4. The van der Waals surface area contributed by atoms with Gasteiger partial charge in [-0.15, -0.1) is 0 Å². The molecule has 1 fully saturated rings. The Balaban J connectivity index is 1.86. The molecule has 2 amide bonds. The van der Waals surface area contributed by atoms with Gasteiger partial charge in [-0.1, -0.05) is 11.6 Å². The van der Waals surface area contributed by atoms with E-state index >= 15 is 0 Å². The van der Waals surface area contributed by atoms with Crippen LogP contribution < -0.4 is 10.6 Å². The first kappa shape index (κ1) is 18.7. The first-order valence-electron chi connectivity index (χ1n) is 8.34. The van der Waals surface area contributed by atoms with Crippen molar-refractivity contribution in [1.82, 2.24) is 15.2 Å². The fourth-order valence-electron chi connectivity index (χ4n) is 2.83. The highest BCUT2D eigenvalue weighted by atomic mass is 35.5. The van der Waals surface area contributed by atoms with Crippen molar-refractivity contribution >= 4 is 29.1 Å². The van der Waals surface area contributed by atoms with Crippen molar-refractivity contribution in [2.45, 2.75) is 45.7 Å². The molecule has 6 nitrogen and oxygen atoms in total. The van der Waals surface area contributed by atoms with Crippen LogP contribution in [0.5, 0.6) is 0 Å². The van der Waals surface area contributed by atoms with E-state index in [1.807, 2.05) is 20.8 Å². The summed E-state index contributed by atoms with van der Waals surface area (Å²) in [4.78, 5) is 30.5. The summed E-state index contributed by atoms with van der Waals surface area (Å²) in [5.74, 6) is 0.0329. The second-order valence-corrected chi connectivity index (χ2v) is 6.84. The van der Waals surface area contributed by atoms with Gasteiger partial charge in [-0.05, 0) is 58.8 Å². The van der Waals surface area contributed by atoms with E-state index in [-0.39, 0.29) is 35.0 Å². The lowest BCUT2D eigenvalue weighted by atomic mass is 9.94. The number of amides is 2. The molecule has 0 aliphatic carbocycles. The molecule has 132 valence electrons. The largest absolute Gasteiger partial charge is 0.354 e. The first-order valence-corrected chi connectivity index (χ1v) is 8.72. The smallest absolute Gasteiger partial charge is 0.241 e. The third-order valence-electron chi connectivity index (χ3n) is 4.28. The Kier molecular flexibility index (Phi) is 6.57. The number of likely N-dealkylation sites (tertiary alicyclic amines) is 1. The number of halogens is 1. The van der Waals surface area contributed by atoms with Gasteiger partial charge in [0.1, 0.15) is 0 Å². The molecule has 1 aromatic heterocycles. The first-order chi connectivity index (χ1) is 11.4. The second-order valence-electron chi connectivity index (χ2n) is 6.48. The molecule has 24 heavy (non-hydrogen) atoms. The lowest BCUT2D eigenvalue weighted by Gasteiger charge is -2.35. The van der Waals surface area contributed by atoms with E-state index in [4.69, 9.17) is 11.6 Å². The van der Waals surface area contributed by atoms with Gasteiger partial charge < -0.3 is 10.6 Å². The number of hydrogen-bond donors (Lipinski definition) is 2. The van der Waals surface area contributed by atoms with Crippen LogP contribution in [0.2, 0.25) is 5.15 Å². The van der Waals surface area contributed by atoms with E-state index in [9.17, 15) is 9.59 Å². The zero-order valence-electron chi connectivity index (χ0n) is 14.4. The third kappa shape index (κ3) is 4.92. The van der Waals surface area contributed by atoms with Crippen molar-refractivity contribution in [1.29, 1.82) is 0 Å². The number of nitrogens with one attached hydrogen (secondary N) is 2. The van der Waals surface area contributed by atoms with Crippen molar-refractivity contribution < 1.29 is 9.59 Å². The van der Waals surface area contributed by atoms with Gasteiger partial charge in [-0.3, -0.25) is 14.5 Å². The zero-order valence-corrected chi connectivity index (χ0v) is 15.1. The predicted molar refractivity (Wildman–Crippen MR) is 94.9 cm³/mol. The zero-order chi connectivity index (χ0) is 17.7. The summed E-state index contributed by atoms with van der Waals surface area (Å²) in [6.07, 6.45) is 3.11. The average molecular weight is 353 g/mol. The van der Waals surface area contributed by atoms with Gasteiger partial charge in [-0.25, -0.2) is 4.98 Å². The molecule has 1 saturated heterocycles. The summed E-state index contributed by atoms with van der Waals surface area (Å²) in [6.45, 7) is 7.25. The fourth-order valence-corrected chi connectivity index (χ4v) is 3.00. The van der Waals surface area contributed by atoms with E-state index < -0.39 is 0 Å². The number of nitrogens with zero attached hydrogens (tertiary/aromatic N) is 2. The normalized spacial score (nSPS) is 17.5. The van der Waals surface area contributed by atoms with Gasteiger partial charge in [0.2, 0.25) is 11.8 Å². The highest BCUT2D eigenvalue weighted by Gasteiger charge is 2.30. The number of anilines is 1. The van der Waals surface area contributed by atoms with Crippen molar-refractivity contribution in [2.75, 3.05) is 18.4 Å². The number of hydrogen-bond acceptors (Lipinski definition) is 4. The van der Waals surface area contributed by atoms with E-state index in [1.54, 1.807) is 18.3 Å². The minimum atomic E-state index is -0.282. The monoisotopic (exact) mass is 352 g/mol. The molecule has 0 saturated carbocycles. The molecule has 2 rings (SSSR count). The highest BCUT2D eigenvalue weighted by Crippen LogP contribution is 2.21. The van der Waals surface area contributed by atoms with Gasteiger partial charge in [-0.2, -0.15) is 0 Å². The number of pyridine rings is 1. The van der Waals surface area contributed by atoms with Gasteiger partial charge in [0, 0.05) is 18.2 Å². The molecule has 1 atom stereocenters. The quantitative estimate of drug-likeness (QED) is 0.797. The van der Waals surface area contributed by atoms with Gasteiger partial charge >= 0.3 is 0 Å². The number of aromatic nitrogens is 1. The molecule has 0 bridgehead atoms. The molecular formula is C17H25ClN4O2. The van der Waals surface area contributed by atoms with Crippen molar-refractivity contribution in [3.8, 4) is 0 Å². The Bertz CT molecular complexity index is 586. The molecule has 2 heterocycles. The topological polar surface area (TPSA) is 74.3 Å². The third-order valence-corrected chi connectivity index (χ3v) is 4.58. The standard InChI is InChI=1S/C17H25ClN4O2/c1-11(2)20-17(24)13-6-9-22(10-7-13)12(3)16(23)21-14-5-4-8-19-15(14)18/h4-5,8,11-13H,6-7,9-10H2,1-3H3,(H,20,24)(H,21,23). The Morgan fingerprint density at radius 1 is 1.29 bits per heavy atom. The van der Waals surface area contributed by atoms with E-state index in [0.717, 1.165) is 25.9 Å². The van der Waals surface area contributed by atoms with Crippen molar-refractivity contribution in [3.05, 3.63) is 23.5 Å². The highest BCUT2D eigenvalue weighted by molar-refractivity contribution is 6.32. The summed E-state index contributed by atoms with van der Waals surface area (Å²) in [5, 5.41) is 6.05. The van der Waals surface area contributed by atoms with Crippen molar-refractivity contribution in [2.24, 2.45) is 5.92 Å². The molecule has 1 aliphatic heterocycles. The lowest BCUT2D eigenvalue weighted by Crippen LogP contribution is -2.48. The van der Waals surface area contributed by atoms with Crippen LogP contribution in [-0.2, 0) is 9.59 Å². The van der Waals surface area contributed by atoms with Crippen LogP contribution >= 0.6 is 11.6 Å². The Hall–Kier alpha value is -1.66. The molecule has 7 heteroatoms. The minimum Gasteiger partial charge on any atom is -0.354 e. The van der Waals surface area contributed by atoms with Crippen LogP contribution in [0.15, 0.2) is 18.3 Å². The molecular weight excluding hydrogens is 328 g/mol. The predicted octanol–water partition coefficient (Wildman–Crippen LogP) is 2.30. The van der Waals surface area contributed by atoms with Crippen LogP contribution in [0, 0.1) is 5.92 Å². The maximum absolute atomic E-state index is 12.4. The van der Waals surface area contributed by atoms with Crippen LogP contribution in [-0.4, -0.2) is 46.9 Å². The number of rotatable bonds is 5. The molecule has 1 aromatic rings. The number of carbonyl (C=O) groups is 2. The molecule has 0 aromatic carbocycles. The summed E-state index contributed by atoms with van der Waals surface area (Å²) in [7, 11) is 0. The SMILES string of the molecule is CC(C)NC(=O)C1CCN(C(C)C(=O)Nc2cccnc2Cl)CC1. The molecule has 1 unspecified atom stereocenters. The summed E-state index contributed by atoms with van der Waals surface area (Å²) in [6, 6.07) is 3.33. The van der Waals surface area contributed by atoms with Crippen LogP contribution in [0.1, 0.15) is 33.6 Å². The Morgan fingerprint density at radius 2 is 1.96 bits per heavy atom. The Labute approximate surface area is 148 Å². The maximum Gasteiger partial charge on any atom is 0.241 e. The van der Waals surface area contributed by atoms with Crippen molar-refractivity contribution in [3.63, 3.8) is 0 Å². The van der Waals surface area contributed by atoms with Crippen LogP contribution in [0.25, 0.3) is 0 Å². The summed E-state index contributed by atoms with van der Waals surface area (Å²) in [5.41, 5.74) is 0.516. The lowest BCUT2D eigenvalue weighted by molar-refractivity contribution is -0.127. The van der Waals surface area contributed by atoms with Gasteiger partial charge in [0.15, 0.2) is 5.15 Å². The Morgan fingerprint density at radius 3 is 2.54 bits per heavy atom. The van der Waals surface area contributed by atoms with Crippen LogP contribution in [0.3, 0.4) is 0 Å². The van der Waals surface area contributed by atoms with E-state index in [0.29, 0.717) is 5.69 Å². The average Bonchev–Trinajstić information content (AvgIpc) is 2.55. The summed E-state index contributed by atoms with van der Waals surface area (Å²) >= 11 is 5.97. The molecule has 0 radical (unpaired) electrons. The molecule has 2 N–H and O–H groups in total.